The van der Waals surface area contributed by atoms with Crippen LogP contribution in [0.3, 0.4) is 0 Å². The Labute approximate surface area is 92.5 Å². The zero-order valence-electron chi connectivity index (χ0n) is 9.79. The molecule has 1 aliphatic rings. The van der Waals surface area contributed by atoms with Crippen molar-refractivity contribution in [2.45, 2.75) is 45.7 Å². The van der Waals surface area contributed by atoms with Crippen LogP contribution in [-0.4, -0.2) is 11.0 Å². The van der Waals surface area contributed by atoms with Crippen molar-refractivity contribution in [3.05, 3.63) is 24.0 Å². The van der Waals surface area contributed by atoms with E-state index >= 15 is 0 Å². The van der Waals surface area contributed by atoms with Gasteiger partial charge in [-0.05, 0) is 43.2 Å². The first-order valence-corrected chi connectivity index (χ1v) is 6.09. The van der Waals surface area contributed by atoms with Gasteiger partial charge in [-0.15, -0.1) is 0 Å². The number of nitrogens with one attached hydrogen (secondary N) is 2. The van der Waals surface area contributed by atoms with Crippen LogP contribution in [0.5, 0.6) is 0 Å². The predicted octanol–water partition coefficient (Wildman–Crippen LogP) is 2.93. The highest BCUT2D eigenvalue weighted by Crippen LogP contribution is 2.28. The van der Waals surface area contributed by atoms with Gasteiger partial charge in [0.1, 0.15) is 0 Å². The molecule has 2 nitrogen and oxygen atoms in total. The van der Waals surface area contributed by atoms with E-state index < -0.39 is 0 Å². The van der Waals surface area contributed by atoms with Crippen molar-refractivity contribution < 1.29 is 0 Å². The average molecular weight is 206 g/mol. The molecule has 0 aromatic carbocycles. The molecule has 2 N–H and O–H groups in total. The lowest BCUT2D eigenvalue weighted by atomic mass is 9.80. The monoisotopic (exact) mass is 206 g/mol. The first kappa shape index (κ1) is 10.7. The number of H-pyrrole nitrogens is 1. The van der Waals surface area contributed by atoms with Gasteiger partial charge in [-0.1, -0.05) is 13.8 Å². The molecule has 2 atom stereocenters. The summed E-state index contributed by atoms with van der Waals surface area (Å²) in [6, 6.07) is 4.92. The van der Waals surface area contributed by atoms with Crippen LogP contribution >= 0.6 is 0 Å². The Bertz CT molecular complexity index is 269. The zero-order valence-corrected chi connectivity index (χ0v) is 9.79. The molecule has 0 amide bonds. The summed E-state index contributed by atoms with van der Waals surface area (Å²) in [4.78, 5) is 3.24. The maximum atomic E-state index is 3.65. The SMILES string of the molecule is CC1CC(C)CC(NCc2ccc[nH]2)C1. The molecule has 0 bridgehead atoms. The molecule has 2 heteroatoms. The minimum absolute atomic E-state index is 0.715. The van der Waals surface area contributed by atoms with Crippen LogP contribution in [0.1, 0.15) is 38.8 Å². The largest absolute Gasteiger partial charge is 0.364 e. The van der Waals surface area contributed by atoms with E-state index in [1.54, 1.807) is 0 Å². The average Bonchev–Trinajstić information content (AvgIpc) is 2.65. The Hall–Kier alpha value is -0.760. The Morgan fingerprint density at radius 2 is 2.00 bits per heavy atom. The molecule has 1 fully saturated rings. The fraction of sp³-hybridized carbons (Fsp3) is 0.692. The van der Waals surface area contributed by atoms with Gasteiger partial charge < -0.3 is 10.3 Å². The van der Waals surface area contributed by atoms with Crippen molar-refractivity contribution >= 4 is 0 Å². The van der Waals surface area contributed by atoms with E-state index in [4.69, 9.17) is 0 Å². The van der Waals surface area contributed by atoms with Crippen LogP contribution < -0.4 is 5.32 Å². The molecule has 84 valence electrons. The Kier molecular flexibility index (Phi) is 3.47. The molecular formula is C13H22N2. The van der Waals surface area contributed by atoms with Crippen LogP contribution in [0.4, 0.5) is 0 Å². The number of aromatic amines is 1. The molecule has 1 heterocycles. The van der Waals surface area contributed by atoms with E-state index in [-0.39, 0.29) is 0 Å². The first-order chi connectivity index (χ1) is 7.24. The van der Waals surface area contributed by atoms with E-state index in [2.05, 4.69) is 36.3 Å². The Morgan fingerprint density at radius 3 is 2.60 bits per heavy atom. The summed E-state index contributed by atoms with van der Waals surface area (Å²) in [5.41, 5.74) is 1.29. The molecule has 1 aromatic rings. The number of hydrogen-bond donors (Lipinski definition) is 2. The summed E-state index contributed by atoms with van der Waals surface area (Å²) in [7, 11) is 0. The summed E-state index contributed by atoms with van der Waals surface area (Å²) in [5.74, 6) is 1.77. The second-order valence-electron chi connectivity index (χ2n) is 5.19. The van der Waals surface area contributed by atoms with Crippen molar-refractivity contribution in [2.24, 2.45) is 11.8 Å². The molecule has 2 unspecified atom stereocenters. The number of rotatable bonds is 3. The van der Waals surface area contributed by atoms with Gasteiger partial charge in [-0.3, -0.25) is 0 Å². The van der Waals surface area contributed by atoms with Crippen molar-refractivity contribution in [1.82, 2.24) is 10.3 Å². The van der Waals surface area contributed by atoms with Gasteiger partial charge in [0.15, 0.2) is 0 Å². The van der Waals surface area contributed by atoms with Crippen LogP contribution in [0.15, 0.2) is 18.3 Å². The highest BCUT2D eigenvalue weighted by molar-refractivity contribution is 5.03. The van der Waals surface area contributed by atoms with Crippen LogP contribution in [-0.2, 0) is 6.54 Å². The minimum atomic E-state index is 0.715. The van der Waals surface area contributed by atoms with Crippen molar-refractivity contribution in [3.63, 3.8) is 0 Å². The molecular weight excluding hydrogens is 184 g/mol. The van der Waals surface area contributed by atoms with Gasteiger partial charge >= 0.3 is 0 Å². The molecule has 0 radical (unpaired) electrons. The highest BCUT2D eigenvalue weighted by atomic mass is 14.9. The minimum Gasteiger partial charge on any atom is -0.364 e. The third-order valence-corrected chi connectivity index (χ3v) is 3.42. The zero-order chi connectivity index (χ0) is 10.7. The lowest BCUT2D eigenvalue weighted by molar-refractivity contribution is 0.238. The first-order valence-electron chi connectivity index (χ1n) is 6.09. The maximum absolute atomic E-state index is 3.65. The lowest BCUT2D eigenvalue weighted by Crippen LogP contribution is -2.35. The fourth-order valence-electron chi connectivity index (χ4n) is 2.85. The van der Waals surface area contributed by atoms with Crippen LogP contribution in [0, 0.1) is 11.8 Å². The van der Waals surface area contributed by atoms with Gasteiger partial charge in [-0.25, -0.2) is 0 Å². The molecule has 0 saturated heterocycles. The van der Waals surface area contributed by atoms with E-state index in [1.807, 2.05) is 6.20 Å². The molecule has 0 aliphatic heterocycles. The molecule has 1 aliphatic carbocycles. The summed E-state index contributed by atoms with van der Waals surface area (Å²) in [6.45, 7) is 5.73. The predicted molar refractivity (Wildman–Crippen MR) is 63.6 cm³/mol. The van der Waals surface area contributed by atoms with Gasteiger partial charge in [0, 0.05) is 24.5 Å². The summed E-state index contributed by atoms with van der Waals surface area (Å²) >= 11 is 0. The van der Waals surface area contributed by atoms with Gasteiger partial charge in [0.05, 0.1) is 0 Å². The topological polar surface area (TPSA) is 27.8 Å². The third kappa shape index (κ3) is 3.10. The van der Waals surface area contributed by atoms with Crippen molar-refractivity contribution in [1.29, 1.82) is 0 Å². The van der Waals surface area contributed by atoms with Gasteiger partial charge in [0.2, 0.25) is 0 Å². The van der Waals surface area contributed by atoms with Gasteiger partial charge in [0.25, 0.3) is 0 Å². The molecule has 1 saturated carbocycles. The molecule has 1 aromatic heterocycles. The normalized spacial score (nSPS) is 31.7. The highest BCUT2D eigenvalue weighted by Gasteiger charge is 2.23. The summed E-state index contributed by atoms with van der Waals surface area (Å²) in [5, 5.41) is 3.65. The summed E-state index contributed by atoms with van der Waals surface area (Å²) < 4.78 is 0. The van der Waals surface area contributed by atoms with E-state index in [0.717, 1.165) is 18.4 Å². The van der Waals surface area contributed by atoms with E-state index in [1.165, 1.54) is 25.0 Å². The molecule has 15 heavy (non-hydrogen) atoms. The standard InChI is InChI=1S/C13H22N2/c1-10-6-11(2)8-13(7-10)15-9-12-4-3-5-14-12/h3-5,10-11,13-15H,6-9H2,1-2H3. The molecule has 0 spiro atoms. The van der Waals surface area contributed by atoms with E-state index in [0.29, 0.717) is 6.04 Å². The van der Waals surface area contributed by atoms with E-state index in [9.17, 15) is 0 Å². The second kappa shape index (κ2) is 4.84. The van der Waals surface area contributed by atoms with Crippen LogP contribution in [0.2, 0.25) is 0 Å². The lowest BCUT2D eigenvalue weighted by Gasteiger charge is -2.32. The smallest absolute Gasteiger partial charge is 0.0359 e. The fourth-order valence-corrected chi connectivity index (χ4v) is 2.85. The Morgan fingerprint density at radius 1 is 1.27 bits per heavy atom. The second-order valence-corrected chi connectivity index (χ2v) is 5.19. The third-order valence-electron chi connectivity index (χ3n) is 3.42. The Balaban J connectivity index is 1.79. The number of aromatic nitrogens is 1. The summed E-state index contributed by atoms with van der Waals surface area (Å²) in [6.07, 6.45) is 6.07. The van der Waals surface area contributed by atoms with Crippen molar-refractivity contribution in [2.75, 3.05) is 0 Å². The van der Waals surface area contributed by atoms with Gasteiger partial charge in [-0.2, -0.15) is 0 Å². The maximum Gasteiger partial charge on any atom is 0.0359 e. The quantitative estimate of drug-likeness (QED) is 0.782. The van der Waals surface area contributed by atoms with Crippen molar-refractivity contribution in [3.8, 4) is 0 Å². The van der Waals surface area contributed by atoms with Crippen LogP contribution in [0.25, 0.3) is 0 Å². The number of hydrogen-bond acceptors (Lipinski definition) is 1. The molecule has 2 rings (SSSR count).